The topological polar surface area (TPSA) is 50.7 Å². The zero-order chi connectivity index (χ0) is 20.5. The molecule has 5 aromatic rings. The Hall–Kier alpha value is -3.44. The molecular weight excluding hydrogens is 438 g/mol. The molecule has 0 atom stereocenters. The highest BCUT2D eigenvalue weighted by atomic mass is 79.9. The Balaban J connectivity index is 1.67. The van der Waals surface area contributed by atoms with Gasteiger partial charge < -0.3 is 9.55 Å². The molecule has 5 rings (SSSR count). The van der Waals surface area contributed by atoms with Crippen molar-refractivity contribution in [1.82, 2.24) is 14.5 Å². The maximum absolute atomic E-state index is 13.5. The lowest BCUT2D eigenvalue weighted by Gasteiger charge is -2.08. The molecule has 4 nitrogen and oxygen atoms in total. The van der Waals surface area contributed by atoms with E-state index in [0.717, 1.165) is 32.1 Å². The molecule has 5 heteroatoms. The maximum Gasteiger partial charge on any atom is 0.195 e. The Labute approximate surface area is 182 Å². The second kappa shape index (κ2) is 7.76. The molecule has 0 amide bonds. The van der Waals surface area contributed by atoms with Crippen molar-refractivity contribution in [2.75, 3.05) is 0 Å². The average molecular weight is 456 g/mol. The first kappa shape index (κ1) is 18.6. The van der Waals surface area contributed by atoms with Crippen molar-refractivity contribution < 1.29 is 4.79 Å². The largest absolute Gasteiger partial charge is 0.347 e. The minimum absolute atomic E-state index is 0.00814. The number of nitrogens with zero attached hydrogens (tertiary/aromatic N) is 2. The van der Waals surface area contributed by atoms with Crippen molar-refractivity contribution in [3.8, 4) is 11.1 Å². The van der Waals surface area contributed by atoms with Crippen LogP contribution in [0.3, 0.4) is 0 Å². The van der Waals surface area contributed by atoms with Gasteiger partial charge in [0.15, 0.2) is 5.78 Å². The highest BCUT2D eigenvalue weighted by Gasteiger charge is 2.19. The second-order valence-corrected chi connectivity index (χ2v) is 8.11. The molecule has 0 bridgehead atoms. The quantitative estimate of drug-likeness (QED) is 0.326. The number of imidazole rings is 1. The fourth-order valence-electron chi connectivity index (χ4n) is 3.78. The monoisotopic (exact) mass is 455 g/mol. The number of halogens is 1. The molecule has 0 aliphatic rings. The van der Waals surface area contributed by atoms with Crippen LogP contribution in [-0.2, 0) is 6.54 Å². The molecule has 0 aliphatic carbocycles. The van der Waals surface area contributed by atoms with Crippen molar-refractivity contribution in [2.24, 2.45) is 0 Å². The predicted octanol–water partition coefficient (Wildman–Crippen LogP) is 6.07. The zero-order valence-electron chi connectivity index (χ0n) is 16.0. The van der Waals surface area contributed by atoms with Gasteiger partial charge in [0.1, 0.15) is 0 Å². The Morgan fingerprint density at radius 2 is 1.73 bits per heavy atom. The SMILES string of the molecule is O=C(c1ccc(Br)cc1)c1cn(Cc2cnc[nH]2)cc1-c1cccc2ccccc12. The fourth-order valence-corrected chi connectivity index (χ4v) is 4.04. The van der Waals surface area contributed by atoms with Crippen LogP contribution in [0, 0.1) is 0 Å². The van der Waals surface area contributed by atoms with Gasteiger partial charge in [-0.05, 0) is 40.6 Å². The van der Waals surface area contributed by atoms with Crippen molar-refractivity contribution in [1.29, 1.82) is 0 Å². The summed E-state index contributed by atoms with van der Waals surface area (Å²) >= 11 is 3.44. The van der Waals surface area contributed by atoms with Crippen molar-refractivity contribution in [3.05, 3.63) is 113 Å². The van der Waals surface area contributed by atoms with E-state index in [9.17, 15) is 4.79 Å². The normalized spacial score (nSPS) is 11.1. The van der Waals surface area contributed by atoms with Gasteiger partial charge in [0, 0.05) is 39.8 Å². The maximum atomic E-state index is 13.5. The Morgan fingerprint density at radius 1 is 0.933 bits per heavy atom. The van der Waals surface area contributed by atoms with Crippen LogP contribution >= 0.6 is 15.9 Å². The lowest BCUT2D eigenvalue weighted by atomic mass is 9.94. The lowest BCUT2D eigenvalue weighted by molar-refractivity contribution is 0.103. The molecule has 0 saturated heterocycles. The van der Waals surface area contributed by atoms with Crippen LogP contribution in [0.4, 0.5) is 0 Å². The lowest BCUT2D eigenvalue weighted by Crippen LogP contribution is -2.02. The summed E-state index contributed by atoms with van der Waals surface area (Å²) in [6.07, 6.45) is 7.45. The van der Waals surface area contributed by atoms with E-state index in [1.54, 1.807) is 12.5 Å². The van der Waals surface area contributed by atoms with Crippen LogP contribution < -0.4 is 0 Å². The van der Waals surface area contributed by atoms with E-state index in [0.29, 0.717) is 17.7 Å². The number of benzene rings is 3. The van der Waals surface area contributed by atoms with E-state index < -0.39 is 0 Å². The predicted molar refractivity (Wildman–Crippen MR) is 123 cm³/mol. The molecule has 30 heavy (non-hydrogen) atoms. The molecule has 2 heterocycles. The van der Waals surface area contributed by atoms with E-state index in [1.165, 1.54) is 0 Å². The second-order valence-electron chi connectivity index (χ2n) is 7.20. The van der Waals surface area contributed by atoms with Gasteiger partial charge in [-0.3, -0.25) is 4.79 Å². The number of carbonyl (C=O) groups is 1. The summed E-state index contributed by atoms with van der Waals surface area (Å²) in [5, 5.41) is 2.28. The zero-order valence-corrected chi connectivity index (χ0v) is 17.6. The van der Waals surface area contributed by atoms with Crippen LogP contribution in [-0.4, -0.2) is 20.3 Å². The minimum Gasteiger partial charge on any atom is -0.347 e. The van der Waals surface area contributed by atoms with Gasteiger partial charge in [0.05, 0.1) is 18.6 Å². The molecule has 3 aromatic carbocycles. The summed E-state index contributed by atoms with van der Waals surface area (Å²) < 4.78 is 2.99. The number of fused-ring (bicyclic) bond motifs is 1. The van der Waals surface area contributed by atoms with E-state index in [4.69, 9.17) is 0 Å². The van der Waals surface area contributed by atoms with Gasteiger partial charge in [-0.15, -0.1) is 0 Å². The third-order valence-corrected chi connectivity index (χ3v) is 5.75. The first-order chi connectivity index (χ1) is 14.7. The van der Waals surface area contributed by atoms with Crippen molar-refractivity contribution in [3.63, 3.8) is 0 Å². The number of hydrogen-bond donors (Lipinski definition) is 1. The molecule has 146 valence electrons. The third kappa shape index (κ3) is 3.48. The van der Waals surface area contributed by atoms with Gasteiger partial charge >= 0.3 is 0 Å². The number of ketones is 1. The summed E-state index contributed by atoms with van der Waals surface area (Å²) in [6, 6.07) is 22.0. The first-order valence-electron chi connectivity index (χ1n) is 9.64. The van der Waals surface area contributed by atoms with Gasteiger partial charge in [-0.25, -0.2) is 4.98 Å². The standard InChI is InChI=1S/C25H18BrN3O/c26-19-10-8-18(9-11-19)25(30)24-15-29(13-20-12-27-16-28-20)14-23(24)22-7-3-5-17-4-1-2-6-21(17)22/h1-12,14-16H,13H2,(H,27,28). The number of H-pyrrole nitrogens is 1. The molecule has 0 fully saturated rings. The van der Waals surface area contributed by atoms with Crippen molar-refractivity contribution >= 4 is 32.5 Å². The van der Waals surface area contributed by atoms with E-state index in [-0.39, 0.29) is 5.78 Å². The molecule has 0 unspecified atom stereocenters. The molecule has 0 spiro atoms. The third-order valence-electron chi connectivity index (χ3n) is 5.22. The smallest absolute Gasteiger partial charge is 0.195 e. The van der Waals surface area contributed by atoms with E-state index in [1.807, 2.05) is 53.2 Å². The number of carbonyl (C=O) groups excluding carboxylic acids is 1. The Morgan fingerprint density at radius 3 is 2.53 bits per heavy atom. The van der Waals surface area contributed by atoms with Crippen LogP contribution in [0.1, 0.15) is 21.6 Å². The van der Waals surface area contributed by atoms with Crippen LogP contribution in [0.2, 0.25) is 0 Å². The van der Waals surface area contributed by atoms with E-state index in [2.05, 4.69) is 56.4 Å². The van der Waals surface area contributed by atoms with Gasteiger partial charge in [0.25, 0.3) is 0 Å². The van der Waals surface area contributed by atoms with E-state index >= 15 is 0 Å². The molecule has 1 N–H and O–H groups in total. The summed E-state index contributed by atoms with van der Waals surface area (Å²) in [7, 11) is 0. The number of aromatic nitrogens is 3. The fraction of sp³-hybridized carbons (Fsp3) is 0.0400. The van der Waals surface area contributed by atoms with Crippen molar-refractivity contribution in [2.45, 2.75) is 6.54 Å². The van der Waals surface area contributed by atoms with Gasteiger partial charge in [-0.1, -0.05) is 58.4 Å². The van der Waals surface area contributed by atoms with Gasteiger partial charge in [-0.2, -0.15) is 0 Å². The highest BCUT2D eigenvalue weighted by Crippen LogP contribution is 2.33. The van der Waals surface area contributed by atoms with Crippen LogP contribution in [0.25, 0.3) is 21.9 Å². The number of rotatable bonds is 5. The molecule has 2 aromatic heterocycles. The highest BCUT2D eigenvalue weighted by molar-refractivity contribution is 9.10. The minimum atomic E-state index is 0.00814. The molecule has 0 aliphatic heterocycles. The summed E-state index contributed by atoms with van der Waals surface area (Å²) in [5.74, 6) is 0.00814. The Bertz CT molecular complexity index is 1330. The molecule has 0 radical (unpaired) electrons. The summed E-state index contributed by atoms with van der Waals surface area (Å²) in [5.41, 5.74) is 4.32. The average Bonchev–Trinajstić information content (AvgIpc) is 3.44. The van der Waals surface area contributed by atoms with Gasteiger partial charge in [0.2, 0.25) is 0 Å². The summed E-state index contributed by atoms with van der Waals surface area (Å²) in [4.78, 5) is 20.7. The Kier molecular flexibility index (Phi) is 4.81. The number of hydrogen-bond acceptors (Lipinski definition) is 2. The van der Waals surface area contributed by atoms with Crippen LogP contribution in [0.15, 0.2) is 96.1 Å². The van der Waals surface area contributed by atoms with Crippen LogP contribution in [0.5, 0.6) is 0 Å². The molecular formula is C25H18BrN3O. The molecule has 0 saturated carbocycles. The first-order valence-corrected chi connectivity index (χ1v) is 10.4. The number of aromatic amines is 1. The summed E-state index contributed by atoms with van der Waals surface area (Å²) in [6.45, 7) is 0.616. The number of nitrogens with one attached hydrogen (secondary N) is 1.